The smallest absolute Gasteiger partial charge is 0.339 e. The maximum absolute atomic E-state index is 11.2. The molecule has 0 spiro atoms. The number of benzene rings is 2. The predicted octanol–water partition coefficient (Wildman–Crippen LogP) is 2.22. The summed E-state index contributed by atoms with van der Waals surface area (Å²) in [5, 5.41) is 19.6. The summed E-state index contributed by atoms with van der Waals surface area (Å²) in [6, 6.07) is 10.7. The summed E-state index contributed by atoms with van der Waals surface area (Å²) in [5.74, 6) is -0.794. The molecule has 3 rings (SSSR count). The van der Waals surface area contributed by atoms with Gasteiger partial charge >= 0.3 is 5.97 Å². The molecule has 2 aromatic carbocycles. The van der Waals surface area contributed by atoms with Crippen LogP contribution in [0, 0.1) is 13.8 Å². The predicted molar refractivity (Wildman–Crippen MR) is 97.5 cm³/mol. The number of carbonyl (C=O) groups is 1. The molecular weight excluding hydrogens is 332 g/mol. The second-order valence-electron chi connectivity index (χ2n) is 6.57. The molecular formula is C20H23N2O4+. The van der Waals surface area contributed by atoms with Gasteiger partial charge in [-0.3, -0.25) is 0 Å². The Hall–Kier alpha value is -2.86. The Bertz CT molecular complexity index is 962. The number of imidazole rings is 1. The summed E-state index contributed by atoms with van der Waals surface area (Å²) in [5.41, 5.74) is 4.64. The van der Waals surface area contributed by atoms with Crippen molar-refractivity contribution < 1.29 is 24.3 Å². The summed E-state index contributed by atoms with van der Waals surface area (Å²) in [4.78, 5) is 11.2. The van der Waals surface area contributed by atoms with Crippen molar-refractivity contribution in [1.82, 2.24) is 4.57 Å². The summed E-state index contributed by atoms with van der Waals surface area (Å²) in [7, 11) is 1.97. The van der Waals surface area contributed by atoms with Crippen molar-refractivity contribution in [1.29, 1.82) is 0 Å². The third kappa shape index (κ3) is 3.55. The largest absolute Gasteiger partial charge is 0.490 e. The Labute approximate surface area is 151 Å². The van der Waals surface area contributed by atoms with Crippen LogP contribution in [-0.4, -0.2) is 33.5 Å². The lowest BCUT2D eigenvalue weighted by Gasteiger charge is -2.12. The van der Waals surface area contributed by atoms with Gasteiger partial charge < -0.3 is 14.9 Å². The summed E-state index contributed by atoms with van der Waals surface area (Å²) >= 11 is 0. The molecule has 1 atom stereocenters. The first kappa shape index (κ1) is 17.9. The molecule has 6 heteroatoms. The van der Waals surface area contributed by atoms with Gasteiger partial charge in [-0.15, -0.1) is 0 Å². The zero-order valence-corrected chi connectivity index (χ0v) is 15.1. The molecule has 136 valence electrons. The molecule has 0 saturated carbocycles. The number of aryl methyl sites for hydroxylation is 3. The minimum atomic E-state index is -1.05. The van der Waals surface area contributed by atoms with E-state index in [1.165, 1.54) is 17.2 Å². The molecule has 0 amide bonds. The van der Waals surface area contributed by atoms with Crippen molar-refractivity contribution in [3.8, 4) is 5.75 Å². The van der Waals surface area contributed by atoms with Crippen LogP contribution in [0.15, 0.2) is 42.7 Å². The molecule has 0 bridgehead atoms. The van der Waals surface area contributed by atoms with Gasteiger partial charge in [0.2, 0.25) is 6.33 Å². The van der Waals surface area contributed by atoms with E-state index in [4.69, 9.17) is 4.74 Å². The first-order valence-corrected chi connectivity index (χ1v) is 8.45. The van der Waals surface area contributed by atoms with Crippen LogP contribution in [0.25, 0.3) is 11.0 Å². The first-order valence-electron chi connectivity index (χ1n) is 8.45. The fraction of sp³-hybridized carbons (Fsp3) is 0.300. The second kappa shape index (κ2) is 7.17. The number of aromatic carboxylic acids is 1. The standard InChI is InChI=1S/C20H22N2O4/c1-13-8-17-18(9-14(13)2)22(12-21(17)3)10-15(23)11-26-19-7-5-4-6-16(19)20(24)25/h4-9,12,15,23H,10-11H2,1-3H3/p+1. The van der Waals surface area contributed by atoms with E-state index in [0.717, 1.165) is 11.0 Å². The van der Waals surface area contributed by atoms with E-state index in [2.05, 4.69) is 26.0 Å². The highest BCUT2D eigenvalue weighted by atomic mass is 16.5. The van der Waals surface area contributed by atoms with E-state index in [9.17, 15) is 15.0 Å². The van der Waals surface area contributed by atoms with Gasteiger partial charge in [-0.05, 0) is 49.2 Å². The van der Waals surface area contributed by atoms with Crippen molar-refractivity contribution >= 4 is 17.0 Å². The van der Waals surface area contributed by atoms with Gasteiger partial charge in [0.05, 0.1) is 7.05 Å². The molecule has 0 aliphatic heterocycles. The highest BCUT2D eigenvalue weighted by Crippen LogP contribution is 2.19. The van der Waals surface area contributed by atoms with E-state index in [-0.39, 0.29) is 17.9 Å². The zero-order valence-electron chi connectivity index (χ0n) is 15.1. The number of para-hydroxylation sites is 1. The number of aromatic nitrogens is 2. The molecule has 6 nitrogen and oxygen atoms in total. The lowest BCUT2D eigenvalue weighted by molar-refractivity contribution is -0.645. The number of carboxylic acid groups (broad SMARTS) is 1. The minimum Gasteiger partial charge on any atom is -0.490 e. The van der Waals surface area contributed by atoms with Gasteiger partial charge in [0.1, 0.15) is 30.6 Å². The van der Waals surface area contributed by atoms with Gasteiger partial charge in [0, 0.05) is 0 Å². The molecule has 0 aliphatic rings. The fourth-order valence-electron chi connectivity index (χ4n) is 3.01. The molecule has 0 fully saturated rings. The van der Waals surface area contributed by atoms with E-state index < -0.39 is 12.1 Å². The average molecular weight is 355 g/mol. The number of aliphatic hydroxyl groups excluding tert-OH is 1. The highest BCUT2D eigenvalue weighted by molar-refractivity contribution is 5.90. The van der Waals surface area contributed by atoms with Gasteiger partial charge in [-0.1, -0.05) is 12.1 Å². The van der Waals surface area contributed by atoms with Crippen LogP contribution in [0.5, 0.6) is 5.75 Å². The van der Waals surface area contributed by atoms with E-state index in [1.54, 1.807) is 18.2 Å². The van der Waals surface area contributed by atoms with Crippen molar-refractivity contribution in [2.75, 3.05) is 6.61 Å². The zero-order chi connectivity index (χ0) is 18.8. The molecule has 2 N–H and O–H groups in total. The van der Waals surface area contributed by atoms with Crippen LogP contribution in [0.3, 0.4) is 0 Å². The van der Waals surface area contributed by atoms with Crippen LogP contribution < -0.4 is 9.30 Å². The number of hydrogen-bond donors (Lipinski definition) is 2. The van der Waals surface area contributed by atoms with Crippen LogP contribution >= 0.6 is 0 Å². The molecule has 0 radical (unpaired) electrons. The summed E-state index contributed by atoms with van der Waals surface area (Å²) in [6.45, 7) is 4.51. The lowest BCUT2D eigenvalue weighted by Crippen LogP contribution is -2.27. The van der Waals surface area contributed by atoms with E-state index in [0.29, 0.717) is 6.54 Å². The van der Waals surface area contributed by atoms with Crippen LogP contribution in [0.2, 0.25) is 0 Å². The van der Waals surface area contributed by atoms with Crippen LogP contribution in [-0.2, 0) is 13.6 Å². The van der Waals surface area contributed by atoms with Gasteiger partial charge in [0.15, 0.2) is 11.0 Å². The van der Waals surface area contributed by atoms with Gasteiger partial charge in [0.25, 0.3) is 0 Å². The Morgan fingerprint density at radius 3 is 2.65 bits per heavy atom. The van der Waals surface area contributed by atoms with Crippen LogP contribution in [0.4, 0.5) is 0 Å². The topological polar surface area (TPSA) is 75.6 Å². The maximum atomic E-state index is 11.2. The molecule has 0 saturated heterocycles. The monoisotopic (exact) mass is 355 g/mol. The number of aliphatic hydroxyl groups is 1. The van der Waals surface area contributed by atoms with Crippen molar-refractivity contribution in [3.63, 3.8) is 0 Å². The van der Waals surface area contributed by atoms with Crippen molar-refractivity contribution in [2.24, 2.45) is 7.05 Å². The van der Waals surface area contributed by atoms with E-state index in [1.807, 2.05) is 22.5 Å². The Balaban J connectivity index is 1.75. The molecule has 1 aromatic heterocycles. The Morgan fingerprint density at radius 1 is 1.23 bits per heavy atom. The first-order chi connectivity index (χ1) is 12.4. The molecule has 1 heterocycles. The SMILES string of the molecule is Cc1cc2c(cc1C)[n+](C)cn2CC(O)COc1ccccc1C(=O)O. The van der Waals surface area contributed by atoms with Gasteiger partial charge in [-0.2, -0.15) is 0 Å². The maximum Gasteiger partial charge on any atom is 0.339 e. The molecule has 26 heavy (non-hydrogen) atoms. The number of ether oxygens (including phenoxy) is 1. The molecule has 0 aliphatic carbocycles. The quantitative estimate of drug-likeness (QED) is 0.665. The van der Waals surface area contributed by atoms with Gasteiger partial charge in [-0.25, -0.2) is 13.9 Å². The minimum absolute atomic E-state index is 0.0124. The summed E-state index contributed by atoms with van der Waals surface area (Å²) < 4.78 is 9.55. The number of carboxylic acids is 1. The van der Waals surface area contributed by atoms with E-state index >= 15 is 0 Å². The number of fused-ring (bicyclic) bond motifs is 1. The lowest BCUT2D eigenvalue weighted by atomic mass is 10.1. The number of rotatable bonds is 6. The average Bonchev–Trinajstić information content (AvgIpc) is 2.89. The fourth-order valence-corrected chi connectivity index (χ4v) is 3.01. The Kier molecular flexibility index (Phi) is 4.95. The van der Waals surface area contributed by atoms with Crippen LogP contribution in [0.1, 0.15) is 21.5 Å². The second-order valence-corrected chi connectivity index (χ2v) is 6.57. The molecule has 3 aromatic rings. The van der Waals surface area contributed by atoms with Crippen molar-refractivity contribution in [2.45, 2.75) is 26.5 Å². The normalized spacial score (nSPS) is 12.3. The third-order valence-corrected chi connectivity index (χ3v) is 4.55. The molecule has 1 unspecified atom stereocenters. The third-order valence-electron chi connectivity index (χ3n) is 4.55. The van der Waals surface area contributed by atoms with Crippen molar-refractivity contribution in [3.05, 3.63) is 59.4 Å². The number of nitrogens with zero attached hydrogens (tertiary/aromatic N) is 2. The summed E-state index contributed by atoms with van der Waals surface area (Å²) in [6.07, 6.45) is 1.17. The highest BCUT2D eigenvalue weighted by Gasteiger charge is 2.19. The Morgan fingerprint density at radius 2 is 1.92 bits per heavy atom. The number of hydrogen-bond acceptors (Lipinski definition) is 3.